The third-order valence-corrected chi connectivity index (χ3v) is 4.03. The third kappa shape index (κ3) is 4.93. The predicted molar refractivity (Wildman–Crippen MR) is 94.4 cm³/mol. The summed E-state index contributed by atoms with van der Waals surface area (Å²) in [6.07, 6.45) is 0.557. The molecule has 0 saturated carbocycles. The first-order valence-corrected chi connectivity index (χ1v) is 8.23. The summed E-state index contributed by atoms with van der Waals surface area (Å²) >= 11 is 0. The van der Waals surface area contributed by atoms with Gasteiger partial charge in [0.25, 0.3) is 0 Å². The van der Waals surface area contributed by atoms with Gasteiger partial charge < -0.3 is 9.64 Å². The first kappa shape index (κ1) is 17.2. The van der Waals surface area contributed by atoms with E-state index in [1.165, 1.54) is 0 Å². The van der Waals surface area contributed by atoms with Crippen molar-refractivity contribution in [2.75, 3.05) is 19.6 Å². The van der Waals surface area contributed by atoms with E-state index in [1.54, 1.807) is 0 Å². The Labute approximate surface area is 138 Å². The second-order valence-corrected chi connectivity index (χ2v) is 5.59. The van der Waals surface area contributed by atoms with Crippen LogP contribution in [0.2, 0.25) is 0 Å². The molecule has 0 aliphatic heterocycles. The smallest absolute Gasteiger partial charge is 0.164 e. The maximum absolute atomic E-state index is 12.4. The highest BCUT2D eigenvalue weighted by Gasteiger charge is 2.11. The van der Waals surface area contributed by atoms with Crippen LogP contribution in [0.4, 0.5) is 0 Å². The van der Waals surface area contributed by atoms with Gasteiger partial charge in [-0.3, -0.25) is 4.79 Å². The monoisotopic (exact) mass is 311 g/mol. The summed E-state index contributed by atoms with van der Waals surface area (Å²) in [6, 6.07) is 15.3. The molecule has 0 N–H and O–H groups in total. The topological polar surface area (TPSA) is 29.5 Å². The molecule has 0 aliphatic carbocycles. The lowest BCUT2D eigenvalue weighted by molar-refractivity contribution is 0.0966. The van der Waals surface area contributed by atoms with Crippen LogP contribution < -0.4 is 4.74 Å². The summed E-state index contributed by atoms with van der Waals surface area (Å²) in [5.74, 6) is 1.75. The molecule has 3 nitrogen and oxygen atoms in total. The van der Waals surface area contributed by atoms with E-state index in [4.69, 9.17) is 4.74 Å². The molecule has 0 aromatic heterocycles. The summed E-state index contributed by atoms with van der Waals surface area (Å²) in [7, 11) is 0. The second kappa shape index (κ2) is 8.49. The lowest BCUT2D eigenvalue weighted by Crippen LogP contribution is -2.25. The molecular weight excluding hydrogens is 286 g/mol. The van der Waals surface area contributed by atoms with Crippen molar-refractivity contribution in [1.29, 1.82) is 0 Å². The van der Waals surface area contributed by atoms with E-state index in [2.05, 4.69) is 18.7 Å². The molecule has 3 heteroatoms. The van der Waals surface area contributed by atoms with Gasteiger partial charge in [-0.2, -0.15) is 0 Å². The van der Waals surface area contributed by atoms with Gasteiger partial charge in [0.2, 0.25) is 0 Å². The van der Waals surface area contributed by atoms with Gasteiger partial charge >= 0.3 is 0 Å². The summed E-state index contributed by atoms with van der Waals surface area (Å²) in [4.78, 5) is 14.7. The Bertz CT molecular complexity index is 633. The van der Waals surface area contributed by atoms with Gasteiger partial charge in [-0.15, -0.1) is 0 Å². The van der Waals surface area contributed by atoms with E-state index < -0.39 is 0 Å². The zero-order valence-electron chi connectivity index (χ0n) is 14.2. The molecule has 122 valence electrons. The van der Waals surface area contributed by atoms with Gasteiger partial charge in [-0.1, -0.05) is 32.0 Å². The lowest BCUT2D eigenvalue weighted by Gasteiger charge is -2.17. The molecule has 0 aliphatic rings. The molecule has 0 unspecified atom stereocenters. The molecule has 0 heterocycles. The zero-order chi connectivity index (χ0) is 16.7. The fourth-order valence-corrected chi connectivity index (χ4v) is 2.57. The number of ketones is 1. The number of nitrogens with zero attached hydrogens (tertiary/aromatic N) is 1. The minimum absolute atomic E-state index is 0.195. The van der Waals surface area contributed by atoms with Crippen LogP contribution in [0.15, 0.2) is 48.5 Å². The Balaban J connectivity index is 2.02. The summed E-state index contributed by atoms with van der Waals surface area (Å²) < 4.78 is 5.81. The van der Waals surface area contributed by atoms with Crippen molar-refractivity contribution < 1.29 is 9.53 Å². The predicted octanol–water partition coefficient (Wildman–Crippen LogP) is 4.70. The van der Waals surface area contributed by atoms with Crippen molar-refractivity contribution >= 4 is 5.78 Å². The van der Waals surface area contributed by atoms with E-state index in [9.17, 15) is 4.79 Å². The molecular formula is C20H25NO2. The Morgan fingerprint density at radius 3 is 2.30 bits per heavy atom. The quantitative estimate of drug-likeness (QED) is 0.662. The number of benzene rings is 2. The van der Waals surface area contributed by atoms with Crippen LogP contribution in [-0.2, 0) is 0 Å². The Morgan fingerprint density at radius 2 is 1.70 bits per heavy atom. The molecule has 23 heavy (non-hydrogen) atoms. The van der Waals surface area contributed by atoms with Gasteiger partial charge in [-0.25, -0.2) is 0 Å². The summed E-state index contributed by atoms with van der Waals surface area (Å²) in [6.45, 7) is 8.97. The van der Waals surface area contributed by atoms with Crippen molar-refractivity contribution in [3.63, 3.8) is 0 Å². The number of Topliss-reactive ketones (excluding diaryl/α,β-unsaturated/α-hetero) is 1. The fourth-order valence-electron chi connectivity index (χ4n) is 2.57. The molecule has 0 bridgehead atoms. The van der Waals surface area contributed by atoms with Gasteiger partial charge in [0.15, 0.2) is 5.78 Å². The van der Waals surface area contributed by atoms with Crippen molar-refractivity contribution in [2.24, 2.45) is 0 Å². The molecule has 0 fully saturated rings. The van der Waals surface area contributed by atoms with Gasteiger partial charge in [-0.05, 0) is 55.9 Å². The minimum Gasteiger partial charge on any atom is -0.457 e. The van der Waals surface area contributed by atoms with E-state index >= 15 is 0 Å². The molecule has 0 spiro atoms. The summed E-state index contributed by atoms with van der Waals surface area (Å²) in [5.41, 5.74) is 1.75. The largest absolute Gasteiger partial charge is 0.457 e. The van der Waals surface area contributed by atoms with Gasteiger partial charge in [0.1, 0.15) is 11.5 Å². The van der Waals surface area contributed by atoms with Crippen molar-refractivity contribution in [3.05, 3.63) is 59.7 Å². The Morgan fingerprint density at radius 1 is 1.00 bits per heavy atom. The normalized spacial score (nSPS) is 10.8. The molecule has 2 aromatic rings. The maximum Gasteiger partial charge on any atom is 0.164 e. The highest BCUT2D eigenvalue weighted by molar-refractivity contribution is 5.97. The van der Waals surface area contributed by atoms with Crippen molar-refractivity contribution in [1.82, 2.24) is 4.90 Å². The van der Waals surface area contributed by atoms with Crippen molar-refractivity contribution in [2.45, 2.75) is 27.2 Å². The number of hydrogen-bond acceptors (Lipinski definition) is 3. The SMILES string of the molecule is CCN(CC)CCC(=O)c1ccc(Oc2ccccc2)cc1C. The lowest BCUT2D eigenvalue weighted by atomic mass is 10.0. The Hall–Kier alpha value is -2.13. The number of ether oxygens (including phenoxy) is 1. The van der Waals surface area contributed by atoms with E-state index in [-0.39, 0.29) is 5.78 Å². The number of aryl methyl sites for hydroxylation is 1. The van der Waals surface area contributed by atoms with Crippen LogP contribution >= 0.6 is 0 Å². The van der Waals surface area contributed by atoms with Crippen LogP contribution in [0, 0.1) is 6.92 Å². The summed E-state index contributed by atoms with van der Waals surface area (Å²) in [5, 5.41) is 0. The van der Waals surface area contributed by atoms with E-state index in [0.717, 1.165) is 42.3 Å². The first-order valence-electron chi connectivity index (χ1n) is 8.23. The number of para-hydroxylation sites is 1. The average molecular weight is 311 g/mol. The van der Waals surface area contributed by atoms with Crippen LogP contribution in [0.5, 0.6) is 11.5 Å². The molecule has 0 radical (unpaired) electrons. The van der Waals surface area contributed by atoms with Crippen molar-refractivity contribution in [3.8, 4) is 11.5 Å². The number of carbonyl (C=O) groups excluding carboxylic acids is 1. The van der Waals surface area contributed by atoms with Crippen LogP contribution in [0.3, 0.4) is 0 Å². The Kier molecular flexibility index (Phi) is 6.36. The standard InChI is InChI=1S/C20H25NO2/c1-4-21(5-2)14-13-20(22)19-12-11-18(15-16(19)3)23-17-9-7-6-8-10-17/h6-12,15H,4-5,13-14H2,1-3H3. The molecule has 0 atom stereocenters. The van der Waals surface area contributed by atoms with Gasteiger partial charge in [0.05, 0.1) is 0 Å². The number of carbonyl (C=O) groups is 1. The van der Waals surface area contributed by atoms with Crippen LogP contribution in [0.25, 0.3) is 0 Å². The minimum atomic E-state index is 0.195. The average Bonchev–Trinajstić information content (AvgIpc) is 2.56. The third-order valence-electron chi connectivity index (χ3n) is 4.03. The first-order chi connectivity index (χ1) is 11.1. The number of rotatable bonds is 8. The van der Waals surface area contributed by atoms with Crippen LogP contribution in [0.1, 0.15) is 36.2 Å². The van der Waals surface area contributed by atoms with E-state index in [0.29, 0.717) is 6.42 Å². The molecule has 0 saturated heterocycles. The van der Waals surface area contributed by atoms with Gasteiger partial charge in [0, 0.05) is 18.5 Å². The molecule has 2 rings (SSSR count). The maximum atomic E-state index is 12.4. The molecule has 0 amide bonds. The fraction of sp³-hybridized carbons (Fsp3) is 0.350. The van der Waals surface area contributed by atoms with Crippen LogP contribution in [-0.4, -0.2) is 30.3 Å². The molecule has 2 aromatic carbocycles. The highest BCUT2D eigenvalue weighted by atomic mass is 16.5. The van der Waals surface area contributed by atoms with E-state index in [1.807, 2.05) is 55.5 Å². The number of hydrogen-bond donors (Lipinski definition) is 0. The second-order valence-electron chi connectivity index (χ2n) is 5.59. The highest BCUT2D eigenvalue weighted by Crippen LogP contribution is 2.24. The zero-order valence-corrected chi connectivity index (χ0v) is 14.2.